The topological polar surface area (TPSA) is 64.4 Å². The standard InChI is InChI=1S/C13H19ClN2O2/c1-4-13(15,5-2)12(17)16-10-8-9(14)6-7-11(10)18-3/h6-8H,4-5,15H2,1-3H3,(H,16,17). The Morgan fingerprint density at radius 2 is 2.06 bits per heavy atom. The van der Waals surface area contributed by atoms with E-state index in [-0.39, 0.29) is 5.91 Å². The van der Waals surface area contributed by atoms with Crippen LogP contribution in [0.1, 0.15) is 26.7 Å². The number of hydrogen-bond acceptors (Lipinski definition) is 3. The molecule has 0 radical (unpaired) electrons. The fourth-order valence-electron chi connectivity index (χ4n) is 1.60. The van der Waals surface area contributed by atoms with E-state index in [1.807, 2.05) is 13.8 Å². The Morgan fingerprint density at radius 3 is 2.56 bits per heavy atom. The van der Waals surface area contributed by atoms with Crippen LogP contribution in [0.25, 0.3) is 0 Å². The van der Waals surface area contributed by atoms with Crippen LogP contribution in [0.5, 0.6) is 5.75 Å². The van der Waals surface area contributed by atoms with E-state index in [0.29, 0.717) is 29.3 Å². The molecule has 18 heavy (non-hydrogen) atoms. The van der Waals surface area contributed by atoms with Crippen molar-refractivity contribution in [3.8, 4) is 5.75 Å². The van der Waals surface area contributed by atoms with Crippen molar-refractivity contribution in [2.45, 2.75) is 32.2 Å². The monoisotopic (exact) mass is 270 g/mol. The molecule has 0 saturated heterocycles. The molecule has 0 aliphatic heterocycles. The zero-order valence-corrected chi connectivity index (χ0v) is 11.7. The predicted octanol–water partition coefficient (Wildman–Crippen LogP) is 2.80. The van der Waals surface area contributed by atoms with Crippen LogP contribution in [0.4, 0.5) is 5.69 Å². The smallest absolute Gasteiger partial charge is 0.244 e. The number of methoxy groups -OCH3 is 1. The molecule has 1 amide bonds. The van der Waals surface area contributed by atoms with E-state index in [1.54, 1.807) is 18.2 Å². The molecule has 0 aliphatic rings. The third-order valence-electron chi connectivity index (χ3n) is 3.12. The second-order valence-electron chi connectivity index (χ2n) is 4.16. The molecule has 0 heterocycles. The fourth-order valence-corrected chi connectivity index (χ4v) is 1.77. The molecule has 1 rings (SSSR count). The minimum Gasteiger partial charge on any atom is -0.495 e. The zero-order chi connectivity index (χ0) is 13.8. The number of hydrogen-bond donors (Lipinski definition) is 2. The van der Waals surface area contributed by atoms with Crippen LogP contribution in [0.3, 0.4) is 0 Å². The molecule has 1 aromatic rings. The first-order chi connectivity index (χ1) is 8.46. The molecule has 5 heteroatoms. The number of nitrogens with two attached hydrogens (primary N) is 1. The molecule has 0 aliphatic carbocycles. The van der Waals surface area contributed by atoms with Crippen molar-refractivity contribution in [1.29, 1.82) is 0 Å². The largest absolute Gasteiger partial charge is 0.495 e. The van der Waals surface area contributed by atoms with Gasteiger partial charge in [-0.1, -0.05) is 25.4 Å². The van der Waals surface area contributed by atoms with Gasteiger partial charge in [0.2, 0.25) is 5.91 Å². The van der Waals surface area contributed by atoms with Crippen molar-refractivity contribution < 1.29 is 9.53 Å². The van der Waals surface area contributed by atoms with Crippen LogP contribution in [-0.2, 0) is 4.79 Å². The zero-order valence-electron chi connectivity index (χ0n) is 10.9. The van der Waals surface area contributed by atoms with E-state index < -0.39 is 5.54 Å². The van der Waals surface area contributed by atoms with Gasteiger partial charge in [-0.3, -0.25) is 4.79 Å². The Labute approximate surface area is 112 Å². The summed E-state index contributed by atoms with van der Waals surface area (Å²) in [7, 11) is 1.54. The highest BCUT2D eigenvalue weighted by Gasteiger charge is 2.30. The first kappa shape index (κ1) is 14.8. The van der Waals surface area contributed by atoms with Gasteiger partial charge >= 0.3 is 0 Å². The summed E-state index contributed by atoms with van der Waals surface area (Å²) in [4.78, 5) is 12.1. The molecule has 0 bridgehead atoms. The number of anilines is 1. The first-order valence-corrected chi connectivity index (χ1v) is 6.28. The number of carbonyl (C=O) groups excluding carboxylic acids is 1. The van der Waals surface area contributed by atoms with E-state index in [4.69, 9.17) is 22.1 Å². The molecule has 100 valence electrons. The summed E-state index contributed by atoms with van der Waals surface area (Å²) in [6.07, 6.45) is 1.14. The Hall–Kier alpha value is -1.26. The quantitative estimate of drug-likeness (QED) is 0.865. The third kappa shape index (κ3) is 3.15. The summed E-state index contributed by atoms with van der Waals surface area (Å²) in [5, 5.41) is 3.30. The van der Waals surface area contributed by atoms with Crippen LogP contribution >= 0.6 is 11.6 Å². The van der Waals surface area contributed by atoms with E-state index in [2.05, 4.69) is 5.32 Å². The van der Waals surface area contributed by atoms with Crippen molar-refractivity contribution in [3.63, 3.8) is 0 Å². The molecular weight excluding hydrogens is 252 g/mol. The summed E-state index contributed by atoms with van der Waals surface area (Å²) in [6.45, 7) is 3.77. The van der Waals surface area contributed by atoms with Gasteiger partial charge in [0, 0.05) is 5.02 Å². The van der Waals surface area contributed by atoms with E-state index >= 15 is 0 Å². The second kappa shape index (κ2) is 6.07. The number of rotatable bonds is 5. The highest BCUT2D eigenvalue weighted by atomic mass is 35.5. The molecule has 1 aromatic carbocycles. The number of halogens is 1. The molecule has 4 nitrogen and oxygen atoms in total. The van der Waals surface area contributed by atoms with Crippen LogP contribution in [0.2, 0.25) is 5.02 Å². The summed E-state index contributed by atoms with van der Waals surface area (Å²) >= 11 is 5.90. The normalized spacial score (nSPS) is 11.2. The Bertz CT molecular complexity index is 431. The minimum atomic E-state index is -0.868. The highest BCUT2D eigenvalue weighted by molar-refractivity contribution is 6.31. The Kier molecular flexibility index (Phi) is 4.99. The number of benzene rings is 1. The van der Waals surface area contributed by atoms with Gasteiger partial charge in [0.05, 0.1) is 18.3 Å². The maximum absolute atomic E-state index is 12.1. The van der Waals surface area contributed by atoms with Crippen molar-refractivity contribution in [3.05, 3.63) is 23.2 Å². The van der Waals surface area contributed by atoms with E-state index in [9.17, 15) is 4.79 Å². The van der Waals surface area contributed by atoms with Gasteiger partial charge in [0.25, 0.3) is 0 Å². The lowest BCUT2D eigenvalue weighted by Crippen LogP contribution is -2.50. The van der Waals surface area contributed by atoms with Gasteiger partial charge in [-0.05, 0) is 31.0 Å². The first-order valence-electron chi connectivity index (χ1n) is 5.90. The summed E-state index contributed by atoms with van der Waals surface area (Å²) in [5.74, 6) is 0.329. The number of amides is 1. The van der Waals surface area contributed by atoms with Crippen molar-refractivity contribution in [1.82, 2.24) is 0 Å². The lowest BCUT2D eigenvalue weighted by Gasteiger charge is -2.25. The van der Waals surface area contributed by atoms with Crippen LogP contribution < -0.4 is 15.8 Å². The average Bonchev–Trinajstić information content (AvgIpc) is 2.38. The minimum absolute atomic E-state index is 0.229. The van der Waals surface area contributed by atoms with Gasteiger partial charge in [-0.25, -0.2) is 0 Å². The van der Waals surface area contributed by atoms with Crippen LogP contribution in [0.15, 0.2) is 18.2 Å². The molecule has 0 aromatic heterocycles. The molecule has 0 atom stereocenters. The van der Waals surface area contributed by atoms with Crippen LogP contribution in [-0.4, -0.2) is 18.6 Å². The maximum atomic E-state index is 12.1. The summed E-state index contributed by atoms with van der Waals surface area (Å²) in [6, 6.07) is 5.05. The van der Waals surface area contributed by atoms with Gasteiger partial charge < -0.3 is 15.8 Å². The summed E-state index contributed by atoms with van der Waals surface area (Å²) in [5.41, 5.74) is 5.70. The van der Waals surface area contributed by atoms with Gasteiger partial charge in [-0.2, -0.15) is 0 Å². The van der Waals surface area contributed by atoms with E-state index in [0.717, 1.165) is 0 Å². The van der Waals surface area contributed by atoms with Gasteiger partial charge in [0.15, 0.2) is 0 Å². The molecule has 0 fully saturated rings. The van der Waals surface area contributed by atoms with Gasteiger partial charge in [-0.15, -0.1) is 0 Å². The molecule has 0 saturated carbocycles. The number of carbonyl (C=O) groups is 1. The fraction of sp³-hybridized carbons (Fsp3) is 0.462. The average molecular weight is 271 g/mol. The maximum Gasteiger partial charge on any atom is 0.244 e. The van der Waals surface area contributed by atoms with Crippen molar-refractivity contribution >= 4 is 23.2 Å². The van der Waals surface area contributed by atoms with Crippen molar-refractivity contribution in [2.75, 3.05) is 12.4 Å². The second-order valence-corrected chi connectivity index (χ2v) is 4.60. The molecule has 0 spiro atoms. The van der Waals surface area contributed by atoms with Crippen LogP contribution in [0, 0.1) is 0 Å². The number of ether oxygens (including phenoxy) is 1. The van der Waals surface area contributed by atoms with E-state index in [1.165, 1.54) is 7.11 Å². The third-order valence-corrected chi connectivity index (χ3v) is 3.36. The SMILES string of the molecule is CCC(N)(CC)C(=O)Nc1cc(Cl)ccc1OC. The predicted molar refractivity (Wildman–Crippen MR) is 74.1 cm³/mol. The summed E-state index contributed by atoms with van der Waals surface area (Å²) < 4.78 is 5.17. The molecule has 0 unspecified atom stereocenters. The lowest BCUT2D eigenvalue weighted by molar-refractivity contribution is -0.121. The van der Waals surface area contributed by atoms with Gasteiger partial charge in [0.1, 0.15) is 5.75 Å². The van der Waals surface area contributed by atoms with Crippen molar-refractivity contribution in [2.24, 2.45) is 5.73 Å². The highest BCUT2D eigenvalue weighted by Crippen LogP contribution is 2.28. The Morgan fingerprint density at radius 1 is 1.44 bits per heavy atom. The number of nitrogens with one attached hydrogen (secondary N) is 1. The lowest BCUT2D eigenvalue weighted by atomic mass is 9.93. The Balaban J connectivity index is 2.97. The molecule has 3 N–H and O–H groups in total. The molecular formula is C13H19ClN2O2.